The summed E-state index contributed by atoms with van der Waals surface area (Å²) in [5.41, 5.74) is 0.859. The molecule has 0 bridgehead atoms. The Morgan fingerprint density at radius 3 is 2.27 bits per heavy atom. The molecule has 0 radical (unpaired) electrons. The monoisotopic (exact) mass is 551 g/mol. The van der Waals surface area contributed by atoms with E-state index < -0.39 is 21.4 Å². The molecule has 11 heteroatoms. The molecule has 1 N–H and O–H groups in total. The minimum atomic E-state index is -3.70. The Kier molecular flexibility index (Phi) is 8.23. The molecule has 200 valence electrons. The van der Waals surface area contributed by atoms with Gasteiger partial charge in [-0.2, -0.15) is 4.31 Å². The van der Waals surface area contributed by atoms with E-state index in [9.17, 15) is 22.4 Å². The van der Waals surface area contributed by atoms with Crippen LogP contribution in [-0.4, -0.2) is 67.8 Å². The van der Waals surface area contributed by atoms with Crippen molar-refractivity contribution in [3.63, 3.8) is 0 Å². The maximum Gasteiger partial charge on any atom is 0.410 e. The van der Waals surface area contributed by atoms with Gasteiger partial charge in [0.05, 0.1) is 11.4 Å². The van der Waals surface area contributed by atoms with Crippen molar-refractivity contribution in [3.05, 3.63) is 65.5 Å². The standard InChI is InChI=1S/C26H30FN3O5S.ClH/c27-22-5-3-20(4-6-22)24(31)21-9-15-30(16-10-21)36(33,34)23-7-1-19(2-8-23)17-29-18-26(35-25(29)32)11-13-28-14-12-26;/h1-8,21,28H,9-18H2;1H. The zero-order chi connectivity index (χ0) is 25.3. The topological polar surface area (TPSA) is 96.0 Å². The molecule has 0 saturated carbocycles. The third-order valence-corrected chi connectivity index (χ3v) is 9.36. The van der Waals surface area contributed by atoms with Gasteiger partial charge in [0.1, 0.15) is 11.4 Å². The van der Waals surface area contributed by atoms with Gasteiger partial charge in [0.15, 0.2) is 5.78 Å². The largest absolute Gasteiger partial charge is 0.441 e. The van der Waals surface area contributed by atoms with E-state index in [2.05, 4.69) is 5.32 Å². The van der Waals surface area contributed by atoms with Gasteiger partial charge in [-0.3, -0.25) is 9.69 Å². The summed E-state index contributed by atoms with van der Waals surface area (Å²) in [5, 5.41) is 3.28. The fourth-order valence-corrected chi connectivity index (χ4v) is 6.77. The number of nitrogens with one attached hydrogen (secondary N) is 1. The number of carbonyl (C=O) groups excluding carboxylic acids is 2. The number of Topliss-reactive ketones (excluding diaryl/α,β-unsaturated/α-hetero) is 1. The molecule has 5 rings (SSSR count). The second-order valence-corrected chi connectivity index (χ2v) is 11.8. The van der Waals surface area contributed by atoms with Crippen molar-refractivity contribution >= 4 is 34.3 Å². The minimum absolute atomic E-state index is 0. The number of carbonyl (C=O) groups is 2. The summed E-state index contributed by atoms with van der Waals surface area (Å²) >= 11 is 0. The summed E-state index contributed by atoms with van der Waals surface area (Å²) in [4.78, 5) is 27.0. The number of nitrogens with zero attached hydrogens (tertiary/aromatic N) is 2. The lowest BCUT2D eigenvalue weighted by Crippen LogP contribution is -2.44. The Morgan fingerprint density at radius 1 is 1.03 bits per heavy atom. The molecule has 0 aromatic heterocycles. The summed E-state index contributed by atoms with van der Waals surface area (Å²) in [6.07, 6.45) is 2.09. The molecule has 37 heavy (non-hydrogen) atoms. The van der Waals surface area contributed by atoms with Crippen molar-refractivity contribution in [2.75, 3.05) is 32.7 Å². The van der Waals surface area contributed by atoms with Crippen LogP contribution in [0.2, 0.25) is 0 Å². The molecule has 0 unspecified atom stereocenters. The number of sulfonamides is 1. The van der Waals surface area contributed by atoms with Crippen LogP contribution in [0.4, 0.5) is 9.18 Å². The summed E-state index contributed by atoms with van der Waals surface area (Å²) < 4.78 is 46.6. The second kappa shape index (κ2) is 11.1. The Balaban J connectivity index is 0.00000320. The first-order valence-corrected chi connectivity index (χ1v) is 13.8. The Hall–Kier alpha value is -2.53. The maximum absolute atomic E-state index is 13.2. The number of ketones is 1. The highest BCUT2D eigenvalue weighted by Crippen LogP contribution is 2.32. The number of piperidine rings is 2. The van der Waals surface area contributed by atoms with E-state index in [1.165, 1.54) is 28.6 Å². The van der Waals surface area contributed by atoms with Crippen molar-refractivity contribution < 1.29 is 27.1 Å². The number of ether oxygens (including phenoxy) is 1. The SMILES string of the molecule is Cl.O=C(c1ccc(F)cc1)C1CCN(S(=O)(=O)c2ccc(CN3CC4(CCNCC4)OC3=O)cc2)CC1. The summed E-state index contributed by atoms with van der Waals surface area (Å²) in [5.74, 6) is -0.764. The number of benzene rings is 2. The van der Waals surface area contributed by atoms with E-state index in [0.29, 0.717) is 31.5 Å². The van der Waals surface area contributed by atoms with Crippen LogP contribution in [0.15, 0.2) is 53.4 Å². The fraction of sp³-hybridized carbons (Fsp3) is 0.462. The van der Waals surface area contributed by atoms with Crippen LogP contribution in [0.3, 0.4) is 0 Å². The first kappa shape index (κ1) is 27.5. The van der Waals surface area contributed by atoms with E-state index in [0.717, 1.165) is 31.5 Å². The molecule has 3 aliphatic heterocycles. The lowest BCUT2D eigenvalue weighted by Gasteiger charge is -2.31. The number of amides is 1. The van der Waals surface area contributed by atoms with Crippen LogP contribution in [0.5, 0.6) is 0 Å². The van der Waals surface area contributed by atoms with E-state index >= 15 is 0 Å². The van der Waals surface area contributed by atoms with E-state index in [4.69, 9.17) is 4.74 Å². The van der Waals surface area contributed by atoms with E-state index in [1.54, 1.807) is 29.2 Å². The number of rotatable bonds is 6. The lowest BCUT2D eigenvalue weighted by molar-refractivity contribution is 0.0316. The van der Waals surface area contributed by atoms with Gasteiger partial charge in [0.25, 0.3) is 0 Å². The van der Waals surface area contributed by atoms with Crippen LogP contribution >= 0.6 is 12.4 Å². The van der Waals surface area contributed by atoms with Crippen molar-refractivity contribution in [3.8, 4) is 0 Å². The quantitative estimate of drug-likeness (QED) is 0.551. The highest BCUT2D eigenvalue weighted by Gasteiger charge is 2.45. The summed E-state index contributed by atoms with van der Waals surface area (Å²) in [6, 6.07) is 12.1. The van der Waals surface area contributed by atoms with Crippen LogP contribution in [0, 0.1) is 11.7 Å². The number of halogens is 2. The predicted molar refractivity (Wildman–Crippen MR) is 138 cm³/mol. The molecular weight excluding hydrogens is 521 g/mol. The smallest absolute Gasteiger partial charge is 0.410 e. The van der Waals surface area contributed by atoms with Gasteiger partial charge in [0, 0.05) is 44.0 Å². The molecule has 3 heterocycles. The first-order valence-electron chi connectivity index (χ1n) is 12.3. The van der Waals surface area contributed by atoms with Gasteiger partial charge in [-0.1, -0.05) is 12.1 Å². The Labute approximate surface area is 222 Å². The second-order valence-electron chi connectivity index (χ2n) is 9.85. The van der Waals surface area contributed by atoms with Crippen molar-refractivity contribution in [2.24, 2.45) is 5.92 Å². The lowest BCUT2D eigenvalue weighted by atomic mass is 9.90. The first-order chi connectivity index (χ1) is 17.3. The van der Waals surface area contributed by atoms with Gasteiger partial charge in [0.2, 0.25) is 10.0 Å². The van der Waals surface area contributed by atoms with Gasteiger partial charge in [-0.05, 0) is 67.9 Å². The van der Waals surface area contributed by atoms with Crippen LogP contribution in [0.25, 0.3) is 0 Å². The molecule has 3 fully saturated rings. The zero-order valence-electron chi connectivity index (χ0n) is 20.4. The molecule has 3 saturated heterocycles. The molecule has 1 amide bonds. The summed E-state index contributed by atoms with van der Waals surface area (Å²) in [6.45, 7) is 3.05. The molecule has 8 nitrogen and oxygen atoms in total. The third-order valence-electron chi connectivity index (χ3n) is 7.44. The van der Waals surface area contributed by atoms with Crippen LogP contribution < -0.4 is 5.32 Å². The molecule has 0 aliphatic carbocycles. The Bertz CT molecular complexity index is 1230. The number of hydrogen-bond acceptors (Lipinski definition) is 6. The zero-order valence-corrected chi connectivity index (χ0v) is 22.0. The van der Waals surface area contributed by atoms with Crippen LogP contribution in [-0.2, 0) is 21.3 Å². The maximum atomic E-state index is 13.2. The summed E-state index contributed by atoms with van der Waals surface area (Å²) in [7, 11) is -3.70. The Morgan fingerprint density at radius 2 is 1.65 bits per heavy atom. The highest BCUT2D eigenvalue weighted by molar-refractivity contribution is 7.89. The molecule has 2 aromatic carbocycles. The van der Waals surface area contributed by atoms with Crippen LogP contribution in [0.1, 0.15) is 41.6 Å². The molecule has 3 aliphatic rings. The van der Waals surface area contributed by atoms with Gasteiger partial charge in [-0.25, -0.2) is 17.6 Å². The fourth-order valence-electron chi connectivity index (χ4n) is 5.30. The molecule has 1 spiro atoms. The van der Waals surface area contributed by atoms with Crippen molar-refractivity contribution in [1.82, 2.24) is 14.5 Å². The van der Waals surface area contributed by atoms with Crippen molar-refractivity contribution in [1.29, 1.82) is 0 Å². The minimum Gasteiger partial charge on any atom is -0.441 e. The van der Waals surface area contributed by atoms with Gasteiger partial charge >= 0.3 is 6.09 Å². The number of hydrogen-bond donors (Lipinski definition) is 1. The third kappa shape index (κ3) is 5.82. The van der Waals surface area contributed by atoms with Gasteiger partial charge < -0.3 is 10.1 Å². The van der Waals surface area contributed by atoms with Gasteiger partial charge in [-0.15, -0.1) is 12.4 Å². The average molecular weight is 552 g/mol. The molecule has 2 aromatic rings. The highest BCUT2D eigenvalue weighted by atomic mass is 35.5. The predicted octanol–water partition coefficient (Wildman–Crippen LogP) is 3.61. The molecule has 0 atom stereocenters. The van der Waals surface area contributed by atoms with E-state index in [1.807, 2.05) is 0 Å². The normalized spacial score (nSPS) is 20.5. The van der Waals surface area contributed by atoms with Crippen molar-refractivity contribution in [2.45, 2.75) is 42.7 Å². The average Bonchev–Trinajstić information content (AvgIpc) is 3.18. The van der Waals surface area contributed by atoms with E-state index in [-0.39, 0.29) is 48.2 Å². The molecular formula is C26H31ClFN3O5S.